The van der Waals surface area contributed by atoms with Gasteiger partial charge < -0.3 is 10.2 Å². The van der Waals surface area contributed by atoms with E-state index in [0.717, 1.165) is 51.4 Å². The van der Waals surface area contributed by atoms with Crippen LogP contribution in [0.2, 0.25) is 0 Å². The van der Waals surface area contributed by atoms with Crippen molar-refractivity contribution in [1.29, 1.82) is 5.26 Å². The van der Waals surface area contributed by atoms with E-state index in [0.29, 0.717) is 12.6 Å². The highest BCUT2D eigenvalue weighted by molar-refractivity contribution is 5.74. The lowest BCUT2D eigenvalue weighted by Gasteiger charge is -2.42. The number of carbonyl (C=O) groups is 1. The standard InChI is InChI=1S/C20H29N5O/c1-2-22-20(26)25-12-10-24(11-13-25)19-6-8-23(9-7-19)16-18-5-3-4-17(14-18)15-21/h3-5,14,19H,2,6-13,16H2,1H3,(H,22,26). The van der Waals surface area contributed by atoms with E-state index in [2.05, 4.69) is 27.3 Å². The largest absolute Gasteiger partial charge is 0.338 e. The molecular weight excluding hydrogens is 326 g/mol. The van der Waals surface area contributed by atoms with Gasteiger partial charge >= 0.3 is 6.03 Å². The molecule has 26 heavy (non-hydrogen) atoms. The van der Waals surface area contributed by atoms with Gasteiger partial charge in [0.15, 0.2) is 0 Å². The Kier molecular flexibility index (Phi) is 6.48. The topological polar surface area (TPSA) is 62.6 Å². The van der Waals surface area contributed by atoms with Gasteiger partial charge in [0.05, 0.1) is 11.6 Å². The summed E-state index contributed by atoms with van der Waals surface area (Å²) in [4.78, 5) is 18.9. The van der Waals surface area contributed by atoms with Crippen LogP contribution in [0.1, 0.15) is 30.9 Å². The van der Waals surface area contributed by atoms with Crippen molar-refractivity contribution in [2.45, 2.75) is 32.4 Å². The van der Waals surface area contributed by atoms with Crippen LogP contribution in [0, 0.1) is 11.3 Å². The summed E-state index contributed by atoms with van der Waals surface area (Å²) in [5.74, 6) is 0. The van der Waals surface area contributed by atoms with Gasteiger partial charge in [-0.05, 0) is 50.6 Å². The number of likely N-dealkylation sites (tertiary alicyclic amines) is 1. The van der Waals surface area contributed by atoms with Gasteiger partial charge in [0, 0.05) is 45.3 Å². The number of nitrogens with zero attached hydrogens (tertiary/aromatic N) is 4. The van der Waals surface area contributed by atoms with E-state index in [-0.39, 0.29) is 6.03 Å². The lowest BCUT2D eigenvalue weighted by molar-refractivity contribution is 0.0670. The maximum absolute atomic E-state index is 11.9. The molecule has 0 saturated carbocycles. The third-order valence-corrected chi connectivity index (χ3v) is 5.47. The van der Waals surface area contributed by atoms with Crippen molar-refractivity contribution in [2.75, 3.05) is 45.8 Å². The van der Waals surface area contributed by atoms with Crippen LogP contribution in [-0.4, -0.2) is 72.6 Å². The zero-order chi connectivity index (χ0) is 18.4. The highest BCUT2D eigenvalue weighted by Crippen LogP contribution is 2.20. The monoisotopic (exact) mass is 355 g/mol. The van der Waals surface area contributed by atoms with Gasteiger partial charge in [-0.2, -0.15) is 5.26 Å². The maximum atomic E-state index is 11.9. The minimum absolute atomic E-state index is 0.0709. The van der Waals surface area contributed by atoms with Crippen LogP contribution in [-0.2, 0) is 6.54 Å². The van der Waals surface area contributed by atoms with Gasteiger partial charge in [0.1, 0.15) is 0 Å². The lowest BCUT2D eigenvalue weighted by Crippen LogP contribution is -2.55. The van der Waals surface area contributed by atoms with E-state index in [9.17, 15) is 4.79 Å². The first-order valence-electron chi connectivity index (χ1n) is 9.68. The first kappa shape index (κ1) is 18.7. The Balaban J connectivity index is 1.43. The summed E-state index contributed by atoms with van der Waals surface area (Å²) >= 11 is 0. The Labute approximate surface area is 156 Å². The van der Waals surface area contributed by atoms with Gasteiger partial charge in [0.25, 0.3) is 0 Å². The summed E-state index contributed by atoms with van der Waals surface area (Å²) in [5.41, 5.74) is 1.96. The predicted octanol–water partition coefficient (Wildman–Crippen LogP) is 1.87. The van der Waals surface area contributed by atoms with Crippen LogP contribution in [0.15, 0.2) is 24.3 Å². The number of rotatable bonds is 4. The number of hydrogen-bond donors (Lipinski definition) is 1. The van der Waals surface area contributed by atoms with Crippen LogP contribution < -0.4 is 5.32 Å². The van der Waals surface area contributed by atoms with Crippen molar-refractivity contribution < 1.29 is 4.79 Å². The average Bonchev–Trinajstić information content (AvgIpc) is 2.69. The van der Waals surface area contributed by atoms with E-state index in [4.69, 9.17) is 5.26 Å². The number of nitrogens with one attached hydrogen (secondary N) is 1. The van der Waals surface area contributed by atoms with Crippen molar-refractivity contribution in [2.24, 2.45) is 0 Å². The number of piperidine rings is 1. The van der Waals surface area contributed by atoms with Crippen LogP contribution >= 0.6 is 0 Å². The van der Waals surface area contributed by atoms with Crippen molar-refractivity contribution in [3.05, 3.63) is 35.4 Å². The molecule has 1 N–H and O–H groups in total. The van der Waals surface area contributed by atoms with Gasteiger partial charge in [-0.3, -0.25) is 9.80 Å². The lowest BCUT2D eigenvalue weighted by atomic mass is 10.0. The molecule has 0 aromatic heterocycles. The zero-order valence-electron chi connectivity index (χ0n) is 15.7. The predicted molar refractivity (Wildman–Crippen MR) is 102 cm³/mol. The Hall–Kier alpha value is -2.10. The molecule has 1 aromatic rings. The molecule has 2 amide bonds. The first-order valence-corrected chi connectivity index (χ1v) is 9.68. The molecule has 0 spiro atoms. The van der Waals surface area contributed by atoms with Gasteiger partial charge in [-0.25, -0.2) is 4.79 Å². The van der Waals surface area contributed by atoms with E-state index >= 15 is 0 Å². The number of piperazine rings is 1. The average molecular weight is 355 g/mol. The number of amides is 2. The molecule has 0 atom stereocenters. The molecule has 2 fully saturated rings. The number of urea groups is 1. The van der Waals surface area contributed by atoms with Crippen molar-refractivity contribution in [3.8, 4) is 6.07 Å². The summed E-state index contributed by atoms with van der Waals surface area (Å²) in [6, 6.07) is 10.8. The molecule has 2 heterocycles. The van der Waals surface area contributed by atoms with Crippen LogP contribution in [0.5, 0.6) is 0 Å². The molecule has 0 aliphatic carbocycles. The fraction of sp³-hybridized carbons (Fsp3) is 0.600. The molecule has 1 aromatic carbocycles. The van der Waals surface area contributed by atoms with Crippen LogP contribution in [0.25, 0.3) is 0 Å². The van der Waals surface area contributed by atoms with Gasteiger partial charge in [0.2, 0.25) is 0 Å². The van der Waals surface area contributed by atoms with E-state index in [1.54, 1.807) is 0 Å². The molecule has 2 aliphatic rings. The first-order chi connectivity index (χ1) is 12.7. The normalized spacial score (nSPS) is 19.9. The van der Waals surface area contributed by atoms with Gasteiger partial charge in [-0.15, -0.1) is 0 Å². The molecule has 140 valence electrons. The van der Waals surface area contributed by atoms with Gasteiger partial charge in [-0.1, -0.05) is 12.1 Å². The molecular formula is C20H29N5O. The minimum atomic E-state index is 0.0709. The fourth-order valence-corrected chi connectivity index (χ4v) is 3.99. The molecule has 0 unspecified atom stereocenters. The second kappa shape index (κ2) is 9.02. The number of carbonyl (C=O) groups excluding carboxylic acids is 1. The molecule has 6 heteroatoms. The van der Waals surface area contributed by atoms with E-state index in [1.165, 1.54) is 18.4 Å². The van der Waals surface area contributed by atoms with E-state index in [1.807, 2.05) is 30.0 Å². The number of nitriles is 1. The smallest absolute Gasteiger partial charge is 0.317 e. The second-order valence-corrected chi connectivity index (χ2v) is 7.18. The summed E-state index contributed by atoms with van der Waals surface area (Å²) in [6.07, 6.45) is 2.36. The third-order valence-electron chi connectivity index (χ3n) is 5.47. The molecule has 2 aliphatic heterocycles. The quantitative estimate of drug-likeness (QED) is 0.896. The van der Waals surface area contributed by atoms with Crippen molar-refractivity contribution in [1.82, 2.24) is 20.0 Å². The summed E-state index contributed by atoms with van der Waals surface area (Å²) in [7, 11) is 0. The summed E-state index contributed by atoms with van der Waals surface area (Å²) < 4.78 is 0. The van der Waals surface area contributed by atoms with Crippen LogP contribution in [0.3, 0.4) is 0 Å². The summed E-state index contributed by atoms with van der Waals surface area (Å²) in [6.45, 7) is 9.37. The highest BCUT2D eigenvalue weighted by Gasteiger charge is 2.28. The highest BCUT2D eigenvalue weighted by atomic mass is 16.2. The Morgan fingerprint density at radius 2 is 1.92 bits per heavy atom. The maximum Gasteiger partial charge on any atom is 0.317 e. The van der Waals surface area contributed by atoms with Crippen molar-refractivity contribution >= 4 is 6.03 Å². The molecule has 3 rings (SSSR count). The Bertz CT molecular complexity index is 640. The third kappa shape index (κ3) is 4.75. The minimum Gasteiger partial charge on any atom is -0.338 e. The molecule has 0 bridgehead atoms. The molecule has 0 radical (unpaired) electrons. The van der Waals surface area contributed by atoms with Crippen molar-refractivity contribution in [3.63, 3.8) is 0 Å². The molecule has 2 saturated heterocycles. The molecule has 6 nitrogen and oxygen atoms in total. The SMILES string of the molecule is CCNC(=O)N1CCN(C2CCN(Cc3cccc(C#N)c3)CC2)CC1. The van der Waals surface area contributed by atoms with E-state index < -0.39 is 0 Å². The second-order valence-electron chi connectivity index (χ2n) is 7.18. The number of benzene rings is 1. The Morgan fingerprint density at radius 3 is 2.58 bits per heavy atom. The number of hydrogen-bond acceptors (Lipinski definition) is 4. The fourth-order valence-electron chi connectivity index (χ4n) is 3.99. The zero-order valence-corrected chi connectivity index (χ0v) is 15.7. The van der Waals surface area contributed by atoms with Crippen LogP contribution in [0.4, 0.5) is 4.79 Å². The Morgan fingerprint density at radius 1 is 1.19 bits per heavy atom. The summed E-state index contributed by atoms with van der Waals surface area (Å²) in [5, 5.41) is 11.9.